The van der Waals surface area contributed by atoms with E-state index in [1.54, 1.807) is 20.3 Å². The minimum absolute atomic E-state index is 0.189. The minimum atomic E-state index is -0.189. The van der Waals surface area contributed by atoms with Crippen LogP contribution >= 0.6 is 15.9 Å². The molecule has 1 amide bonds. The maximum absolute atomic E-state index is 11.9. The molecule has 0 bridgehead atoms. The van der Waals surface area contributed by atoms with E-state index >= 15 is 0 Å². The van der Waals surface area contributed by atoms with E-state index in [-0.39, 0.29) is 12.3 Å². The van der Waals surface area contributed by atoms with E-state index in [9.17, 15) is 4.79 Å². The topological polar surface area (TPSA) is 59.9 Å². The van der Waals surface area contributed by atoms with E-state index in [2.05, 4.69) is 26.5 Å². The highest BCUT2D eigenvalue weighted by atomic mass is 79.9. The van der Waals surface area contributed by atoms with Crippen LogP contribution in [0, 0.1) is 0 Å². The van der Waals surface area contributed by atoms with Crippen molar-refractivity contribution in [1.29, 1.82) is 0 Å². The quantitative estimate of drug-likeness (QED) is 0.622. The van der Waals surface area contributed by atoms with E-state index in [1.807, 2.05) is 36.4 Å². The molecule has 0 aliphatic rings. The van der Waals surface area contributed by atoms with Gasteiger partial charge in [-0.2, -0.15) is 5.10 Å². The standard InChI is InChI=1S/C17H17BrN2O3/c1-22-15-5-3-4-13(17(15)23-2)11-19-20-16(21)10-12-6-8-14(18)9-7-12/h3-9,11H,10H2,1-2H3,(H,20,21). The Bertz CT molecular complexity index is 699. The molecular weight excluding hydrogens is 360 g/mol. The SMILES string of the molecule is COc1cccc(C=NNC(=O)Cc2ccc(Br)cc2)c1OC. The number of ether oxygens (including phenoxy) is 2. The van der Waals surface area contributed by atoms with Crippen LogP contribution in [0.3, 0.4) is 0 Å². The minimum Gasteiger partial charge on any atom is -0.493 e. The number of carbonyl (C=O) groups excluding carboxylic acids is 1. The Morgan fingerprint density at radius 2 is 1.91 bits per heavy atom. The number of hydrogen-bond acceptors (Lipinski definition) is 4. The zero-order valence-corrected chi connectivity index (χ0v) is 14.5. The second kappa shape index (κ2) is 8.33. The number of rotatable bonds is 6. The second-order valence-electron chi connectivity index (χ2n) is 4.68. The first-order chi connectivity index (χ1) is 11.1. The van der Waals surface area contributed by atoms with Crippen LogP contribution < -0.4 is 14.9 Å². The molecule has 120 valence electrons. The van der Waals surface area contributed by atoms with Gasteiger partial charge in [-0.05, 0) is 29.8 Å². The monoisotopic (exact) mass is 376 g/mol. The Balaban J connectivity index is 1.98. The van der Waals surface area contributed by atoms with Gasteiger partial charge >= 0.3 is 0 Å². The predicted octanol–water partition coefficient (Wildman–Crippen LogP) is 3.16. The molecule has 0 saturated heterocycles. The van der Waals surface area contributed by atoms with Crippen LogP contribution in [0.15, 0.2) is 52.0 Å². The van der Waals surface area contributed by atoms with Gasteiger partial charge in [0.25, 0.3) is 0 Å². The molecule has 2 rings (SSSR count). The summed E-state index contributed by atoms with van der Waals surface area (Å²) >= 11 is 3.36. The molecular formula is C17H17BrN2O3. The third kappa shape index (κ3) is 4.82. The van der Waals surface area contributed by atoms with Crippen LogP contribution in [0.1, 0.15) is 11.1 Å². The normalized spacial score (nSPS) is 10.6. The van der Waals surface area contributed by atoms with Crippen molar-refractivity contribution in [3.63, 3.8) is 0 Å². The first kappa shape index (κ1) is 17.0. The van der Waals surface area contributed by atoms with Gasteiger partial charge in [0.05, 0.1) is 26.9 Å². The van der Waals surface area contributed by atoms with Crippen LogP contribution in [0.5, 0.6) is 11.5 Å². The smallest absolute Gasteiger partial charge is 0.244 e. The van der Waals surface area contributed by atoms with Crippen molar-refractivity contribution in [2.75, 3.05) is 14.2 Å². The molecule has 1 N–H and O–H groups in total. The summed E-state index contributed by atoms with van der Waals surface area (Å²) in [6.07, 6.45) is 1.79. The summed E-state index contributed by atoms with van der Waals surface area (Å²) in [5, 5.41) is 3.97. The first-order valence-electron chi connectivity index (χ1n) is 6.91. The summed E-state index contributed by atoms with van der Waals surface area (Å²) in [5.41, 5.74) is 4.14. The third-order valence-electron chi connectivity index (χ3n) is 3.10. The van der Waals surface area contributed by atoms with Crippen molar-refractivity contribution in [3.8, 4) is 11.5 Å². The van der Waals surface area contributed by atoms with Crippen molar-refractivity contribution in [2.45, 2.75) is 6.42 Å². The van der Waals surface area contributed by atoms with Gasteiger partial charge < -0.3 is 9.47 Å². The highest BCUT2D eigenvalue weighted by molar-refractivity contribution is 9.10. The molecule has 0 spiro atoms. The molecule has 2 aromatic rings. The number of methoxy groups -OCH3 is 2. The summed E-state index contributed by atoms with van der Waals surface area (Å²) in [6, 6.07) is 13.0. The van der Waals surface area contributed by atoms with Crippen LogP contribution in [0.25, 0.3) is 0 Å². The molecule has 23 heavy (non-hydrogen) atoms. The lowest BCUT2D eigenvalue weighted by atomic mass is 10.1. The lowest BCUT2D eigenvalue weighted by molar-refractivity contribution is -0.120. The van der Waals surface area contributed by atoms with E-state index < -0.39 is 0 Å². The van der Waals surface area contributed by atoms with Gasteiger partial charge in [0, 0.05) is 10.0 Å². The Hall–Kier alpha value is -2.34. The van der Waals surface area contributed by atoms with Gasteiger partial charge in [0.15, 0.2) is 11.5 Å². The highest BCUT2D eigenvalue weighted by Crippen LogP contribution is 2.29. The Labute approximate surface area is 143 Å². The predicted molar refractivity (Wildman–Crippen MR) is 93.1 cm³/mol. The maximum Gasteiger partial charge on any atom is 0.244 e. The number of para-hydroxylation sites is 1. The van der Waals surface area contributed by atoms with Crippen molar-refractivity contribution in [3.05, 3.63) is 58.1 Å². The maximum atomic E-state index is 11.9. The van der Waals surface area contributed by atoms with E-state index in [4.69, 9.17) is 9.47 Å². The van der Waals surface area contributed by atoms with Crippen molar-refractivity contribution in [2.24, 2.45) is 5.10 Å². The second-order valence-corrected chi connectivity index (χ2v) is 5.59. The zero-order valence-electron chi connectivity index (χ0n) is 12.9. The fraction of sp³-hybridized carbons (Fsp3) is 0.176. The lowest BCUT2D eigenvalue weighted by Crippen LogP contribution is -2.19. The van der Waals surface area contributed by atoms with Gasteiger partial charge in [-0.15, -0.1) is 0 Å². The van der Waals surface area contributed by atoms with Gasteiger partial charge in [0.2, 0.25) is 5.91 Å². The number of hydrogen-bond donors (Lipinski definition) is 1. The van der Waals surface area contributed by atoms with E-state index in [1.165, 1.54) is 6.21 Å². The molecule has 0 aliphatic heterocycles. The van der Waals surface area contributed by atoms with Crippen LogP contribution in [-0.2, 0) is 11.2 Å². The molecule has 0 aromatic heterocycles. The third-order valence-corrected chi connectivity index (χ3v) is 3.63. The summed E-state index contributed by atoms with van der Waals surface area (Å²) < 4.78 is 11.5. The molecule has 0 aliphatic carbocycles. The molecule has 0 fully saturated rings. The highest BCUT2D eigenvalue weighted by Gasteiger charge is 2.07. The molecule has 0 radical (unpaired) electrons. The van der Waals surface area contributed by atoms with Crippen LogP contribution in [0.2, 0.25) is 0 Å². The number of benzene rings is 2. The van der Waals surface area contributed by atoms with Crippen LogP contribution in [-0.4, -0.2) is 26.3 Å². The summed E-state index contributed by atoms with van der Waals surface area (Å²) in [5.74, 6) is 0.990. The molecule has 0 unspecified atom stereocenters. The number of amides is 1. The fourth-order valence-electron chi connectivity index (χ4n) is 2.01. The van der Waals surface area contributed by atoms with Crippen LogP contribution in [0.4, 0.5) is 0 Å². The molecule has 2 aromatic carbocycles. The number of halogens is 1. The molecule has 0 atom stereocenters. The summed E-state index contributed by atoms with van der Waals surface area (Å²) in [4.78, 5) is 11.9. The van der Waals surface area contributed by atoms with E-state index in [0.29, 0.717) is 11.5 Å². The van der Waals surface area contributed by atoms with E-state index in [0.717, 1.165) is 15.6 Å². The number of hydrazone groups is 1. The summed E-state index contributed by atoms with van der Waals surface area (Å²) in [7, 11) is 3.13. The fourth-order valence-corrected chi connectivity index (χ4v) is 2.28. The first-order valence-corrected chi connectivity index (χ1v) is 7.70. The van der Waals surface area contributed by atoms with Gasteiger partial charge in [-0.25, -0.2) is 5.43 Å². The lowest BCUT2D eigenvalue weighted by Gasteiger charge is -2.09. The summed E-state index contributed by atoms with van der Waals surface area (Å²) in [6.45, 7) is 0. The number of nitrogens with one attached hydrogen (secondary N) is 1. The van der Waals surface area contributed by atoms with Gasteiger partial charge in [0.1, 0.15) is 0 Å². The van der Waals surface area contributed by atoms with Crippen molar-refractivity contribution >= 4 is 28.1 Å². The Kier molecular flexibility index (Phi) is 6.17. The van der Waals surface area contributed by atoms with Gasteiger partial charge in [-0.1, -0.05) is 34.1 Å². The number of nitrogens with zero attached hydrogens (tertiary/aromatic N) is 1. The Morgan fingerprint density at radius 1 is 1.17 bits per heavy atom. The molecule has 0 saturated carbocycles. The Morgan fingerprint density at radius 3 is 2.57 bits per heavy atom. The molecule has 6 heteroatoms. The van der Waals surface area contributed by atoms with Crippen molar-refractivity contribution < 1.29 is 14.3 Å². The molecule has 0 heterocycles. The van der Waals surface area contributed by atoms with Gasteiger partial charge in [-0.3, -0.25) is 4.79 Å². The largest absolute Gasteiger partial charge is 0.493 e. The average Bonchev–Trinajstić information content (AvgIpc) is 2.56. The van der Waals surface area contributed by atoms with Crippen molar-refractivity contribution in [1.82, 2.24) is 5.43 Å². The number of carbonyl (C=O) groups is 1. The molecule has 5 nitrogen and oxygen atoms in total. The zero-order chi connectivity index (χ0) is 16.7. The average molecular weight is 377 g/mol.